The van der Waals surface area contributed by atoms with Gasteiger partial charge in [0.1, 0.15) is 5.75 Å². The molecule has 0 amide bonds. The molecule has 0 saturated heterocycles. The number of rotatable bonds is 4. The van der Waals surface area contributed by atoms with Gasteiger partial charge in [-0.25, -0.2) is 0 Å². The number of methoxy groups -OCH3 is 1. The van der Waals surface area contributed by atoms with E-state index < -0.39 is 0 Å². The number of aryl methyl sites for hydroxylation is 1. The fourth-order valence-electron chi connectivity index (χ4n) is 2.29. The second-order valence-electron chi connectivity index (χ2n) is 4.73. The molecule has 112 valence electrons. The summed E-state index contributed by atoms with van der Waals surface area (Å²) in [5, 5.41) is 4.09. The second-order valence-corrected chi connectivity index (χ2v) is 7.18. The first-order chi connectivity index (χ1) is 9.97. The summed E-state index contributed by atoms with van der Waals surface area (Å²) < 4.78 is 7.79. The summed E-state index contributed by atoms with van der Waals surface area (Å²) in [5.74, 6) is 0.867. The van der Waals surface area contributed by atoms with Crippen LogP contribution in [-0.2, 0) is 0 Å². The topological polar surface area (TPSA) is 21.3 Å². The van der Waals surface area contributed by atoms with Crippen molar-refractivity contribution in [2.75, 3.05) is 14.2 Å². The van der Waals surface area contributed by atoms with Crippen molar-refractivity contribution in [2.24, 2.45) is 0 Å². The largest absolute Gasteiger partial charge is 0.496 e. The third-order valence-electron chi connectivity index (χ3n) is 3.38. The number of hydrogen-bond donors (Lipinski definition) is 1. The van der Waals surface area contributed by atoms with Gasteiger partial charge in [0.05, 0.1) is 13.2 Å². The fourth-order valence-corrected chi connectivity index (χ4v) is 3.48. The summed E-state index contributed by atoms with van der Waals surface area (Å²) in [6, 6.07) is 10.1. The Morgan fingerprint density at radius 3 is 2.57 bits per heavy atom. The summed E-state index contributed by atoms with van der Waals surface area (Å²) >= 11 is 12.1. The van der Waals surface area contributed by atoms with Gasteiger partial charge in [-0.3, -0.25) is 0 Å². The maximum absolute atomic E-state index is 6.16. The van der Waals surface area contributed by atoms with Crippen molar-refractivity contribution < 1.29 is 4.74 Å². The third-order valence-corrected chi connectivity index (χ3v) is 5.45. The second kappa shape index (κ2) is 7.31. The Balaban J connectivity index is 2.61. The van der Waals surface area contributed by atoms with Crippen molar-refractivity contribution in [1.29, 1.82) is 0 Å². The quantitative estimate of drug-likeness (QED) is 0.597. The molecular weight excluding hydrogens is 464 g/mol. The molecule has 0 aliphatic rings. The van der Waals surface area contributed by atoms with Crippen molar-refractivity contribution in [3.8, 4) is 5.75 Å². The molecule has 2 nitrogen and oxygen atoms in total. The minimum absolute atomic E-state index is 0.0162. The van der Waals surface area contributed by atoms with E-state index in [1.807, 2.05) is 38.2 Å². The lowest BCUT2D eigenvalue weighted by atomic mass is 9.97. The van der Waals surface area contributed by atoms with E-state index in [2.05, 4.69) is 49.9 Å². The highest BCUT2D eigenvalue weighted by Gasteiger charge is 2.20. The van der Waals surface area contributed by atoms with Gasteiger partial charge in [-0.05, 0) is 78.0 Å². The molecule has 0 spiro atoms. The number of halogens is 3. The van der Waals surface area contributed by atoms with Gasteiger partial charge in [0.25, 0.3) is 0 Å². The molecule has 1 atom stereocenters. The van der Waals surface area contributed by atoms with E-state index in [4.69, 9.17) is 16.3 Å². The SMILES string of the molecule is CNC(c1cc(Cl)ccc1I)c1cc(Br)c(C)cc1OC. The monoisotopic (exact) mass is 479 g/mol. The third kappa shape index (κ3) is 3.73. The number of nitrogens with one attached hydrogen (secondary N) is 1. The van der Waals surface area contributed by atoms with Crippen LogP contribution in [0, 0.1) is 10.5 Å². The van der Waals surface area contributed by atoms with Gasteiger partial charge in [-0.1, -0.05) is 27.5 Å². The molecule has 2 aromatic rings. The highest BCUT2D eigenvalue weighted by atomic mass is 127. The lowest BCUT2D eigenvalue weighted by molar-refractivity contribution is 0.405. The van der Waals surface area contributed by atoms with Gasteiger partial charge in [0, 0.05) is 18.6 Å². The van der Waals surface area contributed by atoms with E-state index in [9.17, 15) is 0 Å². The molecule has 0 aromatic heterocycles. The number of ether oxygens (including phenoxy) is 1. The normalized spacial score (nSPS) is 12.3. The zero-order valence-corrected chi connectivity index (χ0v) is 16.5. The molecule has 2 aromatic carbocycles. The molecule has 0 aliphatic heterocycles. The maximum atomic E-state index is 6.16. The van der Waals surface area contributed by atoms with Crippen LogP contribution in [0.2, 0.25) is 5.02 Å². The van der Waals surface area contributed by atoms with Gasteiger partial charge in [-0.2, -0.15) is 0 Å². The molecule has 1 unspecified atom stereocenters. The van der Waals surface area contributed by atoms with Gasteiger partial charge in [0.15, 0.2) is 0 Å². The predicted octanol–water partition coefficient (Wildman–Crippen LogP) is 5.33. The van der Waals surface area contributed by atoms with Crippen LogP contribution in [0.3, 0.4) is 0 Å². The van der Waals surface area contributed by atoms with E-state index in [0.29, 0.717) is 0 Å². The Hall–Kier alpha value is -0.300. The molecule has 0 aliphatic carbocycles. The Morgan fingerprint density at radius 2 is 1.95 bits per heavy atom. The van der Waals surface area contributed by atoms with Gasteiger partial charge in [0.2, 0.25) is 0 Å². The molecule has 2 rings (SSSR count). The Morgan fingerprint density at radius 1 is 1.24 bits per heavy atom. The minimum atomic E-state index is 0.0162. The summed E-state index contributed by atoms with van der Waals surface area (Å²) in [4.78, 5) is 0. The van der Waals surface area contributed by atoms with Crippen molar-refractivity contribution in [2.45, 2.75) is 13.0 Å². The Kier molecular flexibility index (Phi) is 5.94. The zero-order chi connectivity index (χ0) is 15.6. The first-order valence-corrected chi connectivity index (χ1v) is 8.69. The van der Waals surface area contributed by atoms with Gasteiger partial charge in [-0.15, -0.1) is 0 Å². The molecule has 5 heteroatoms. The van der Waals surface area contributed by atoms with E-state index in [-0.39, 0.29) is 6.04 Å². The zero-order valence-electron chi connectivity index (χ0n) is 12.0. The summed E-state index contributed by atoms with van der Waals surface area (Å²) in [7, 11) is 3.64. The highest BCUT2D eigenvalue weighted by molar-refractivity contribution is 14.1. The molecule has 1 N–H and O–H groups in total. The molecule has 0 bridgehead atoms. The van der Waals surface area contributed by atoms with Crippen molar-refractivity contribution >= 4 is 50.1 Å². The Bertz CT molecular complexity index is 663. The summed E-state index contributed by atoms with van der Waals surface area (Å²) in [5.41, 5.74) is 3.36. The molecule has 0 heterocycles. The van der Waals surface area contributed by atoms with Crippen LogP contribution >= 0.6 is 50.1 Å². The molecule has 0 saturated carbocycles. The molecule has 21 heavy (non-hydrogen) atoms. The van der Waals surface area contributed by atoms with E-state index in [0.717, 1.165) is 35.5 Å². The van der Waals surface area contributed by atoms with E-state index >= 15 is 0 Å². The van der Waals surface area contributed by atoms with Crippen LogP contribution in [0.25, 0.3) is 0 Å². The lowest BCUT2D eigenvalue weighted by Crippen LogP contribution is -2.19. The number of benzene rings is 2. The van der Waals surface area contributed by atoms with E-state index in [1.165, 1.54) is 0 Å². The van der Waals surface area contributed by atoms with Crippen LogP contribution in [0.4, 0.5) is 0 Å². The van der Waals surface area contributed by atoms with E-state index in [1.54, 1.807) is 7.11 Å². The van der Waals surface area contributed by atoms with Crippen molar-refractivity contribution in [3.05, 3.63) is 60.1 Å². The number of hydrogen-bond acceptors (Lipinski definition) is 2. The van der Waals surface area contributed by atoms with Crippen LogP contribution in [0.1, 0.15) is 22.7 Å². The summed E-state index contributed by atoms with van der Waals surface area (Å²) in [6.07, 6.45) is 0. The standard InChI is InChI=1S/C16H16BrClINO/c1-9-6-15(21-3)12(8-13(9)17)16(20-2)11-7-10(18)4-5-14(11)19/h4-8,16,20H,1-3H3. The average Bonchev–Trinajstić information content (AvgIpc) is 2.46. The lowest BCUT2D eigenvalue weighted by Gasteiger charge is -2.22. The van der Waals surface area contributed by atoms with Crippen LogP contribution in [0.15, 0.2) is 34.8 Å². The molecular formula is C16H16BrClINO. The smallest absolute Gasteiger partial charge is 0.124 e. The first-order valence-electron chi connectivity index (χ1n) is 6.44. The maximum Gasteiger partial charge on any atom is 0.124 e. The summed E-state index contributed by atoms with van der Waals surface area (Å²) in [6.45, 7) is 2.05. The minimum Gasteiger partial charge on any atom is -0.496 e. The van der Waals surface area contributed by atoms with Crippen molar-refractivity contribution in [1.82, 2.24) is 5.32 Å². The van der Waals surface area contributed by atoms with Crippen molar-refractivity contribution in [3.63, 3.8) is 0 Å². The van der Waals surface area contributed by atoms with Gasteiger partial charge < -0.3 is 10.1 Å². The van der Waals surface area contributed by atoms with Crippen LogP contribution in [-0.4, -0.2) is 14.2 Å². The molecule has 0 radical (unpaired) electrons. The average molecular weight is 481 g/mol. The van der Waals surface area contributed by atoms with Crippen LogP contribution in [0.5, 0.6) is 5.75 Å². The Labute approximate surface area is 152 Å². The first kappa shape index (κ1) is 17.1. The predicted molar refractivity (Wildman–Crippen MR) is 101 cm³/mol. The fraction of sp³-hybridized carbons (Fsp3) is 0.250. The molecule has 0 fully saturated rings. The van der Waals surface area contributed by atoms with Gasteiger partial charge >= 0.3 is 0 Å². The van der Waals surface area contributed by atoms with Crippen LogP contribution < -0.4 is 10.1 Å². The highest BCUT2D eigenvalue weighted by Crippen LogP contribution is 2.36.